The van der Waals surface area contributed by atoms with Crippen LogP contribution in [0.2, 0.25) is 0 Å². The maximum Gasteiger partial charge on any atom is 0.306 e. The first-order valence-corrected chi connectivity index (χ1v) is 8.37. The van der Waals surface area contributed by atoms with E-state index in [4.69, 9.17) is 19.3 Å². The van der Waals surface area contributed by atoms with E-state index in [-0.39, 0.29) is 12.0 Å². The van der Waals surface area contributed by atoms with Gasteiger partial charge in [0.05, 0.1) is 18.6 Å². The average Bonchev–Trinajstić information content (AvgIpc) is 2.61. The molecule has 1 aromatic carbocycles. The fourth-order valence-electron chi connectivity index (χ4n) is 3.16. The van der Waals surface area contributed by atoms with E-state index in [1.54, 1.807) is 0 Å². The summed E-state index contributed by atoms with van der Waals surface area (Å²) in [5.41, 5.74) is 1.02. The lowest BCUT2D eigenvalue weighted by Crippen LogP contribution is -2.25. The van der Waals surface area contributed by atoms with Crippen molar-refractivity contribution in [2.24, 2.45) is 11.8 Å². The number of rotatable bonds is 5. The summed E-state index contributed by atoms with van der Waals surface area (Å²) in [6.07, 6.45) is 3.12. The molecule has 2 unspecified atom stereocenters. The van der Waals surface area contributed by atoms with Gasteiger partial charge in [-0.15, -0.1) is 0 Å². The quantitative estimate of drug-likeness (QED) is 0.903. The Balaban J connectivity index is 1.53. The lowest BCUT2D eigenvalue weighted by Gasteiger charge is -2.27. The second-order valence-electron chi connectivity index (χ2n) is 6.35. The van der Waals surface area contributed by atoms with E-state index in [0.29, 0.717) is 25.4 Å². The highest BCUT2D eigenvalue weighted by molar-refractivity contribution is 5.70. The molecular weight excluding hydrogens is 296 g/mol. The zero-order valence-electron chi connectivity index (χ0n) is 13.3. The van der Waals surface area contributed by atoms with Gasteiger partial charge < -0.3 is 19.3 Å². The smallest absolute Gasteiger partial charge is 0.306 e. The molecule has 2 fully saturated rings. The molecule has 0 aromatic heterocycles. The molecule has 3 rings (SSSR count). The molecule has 2 heterocycles. The molecule has 0 saturated carbocycles. The van der Waals surface area contributed by atoms with Crippen LogP contribution in [0.4, 0.5) is 0 Å². The molecule has 0 bridgehead atoms. The molecule has 23 heavy (non-hydrogen) atoms. The maximum absolute atomic E-state index is 11.1. The maximum atomic E-state index is 11.1. The molecule has 2 aliphatic heterocycles. The molecular formula is C18H24O5. The van der Waals surface area contributed by atoms with Crippen molar-refractivity contribution in [2.45, 2.75) is 31.8 Å². The summed E-state index contributed by atoms with van der Waals surface area (Å²) >= 11 is 0. The van der Waals surface area contributed by atoms with Gasteiger partial charge in [0.15, 0.2) is 0 Å². The van der Waals surface area contributed by atoms with Crippen molar-refractivity contribution in [3.8, 4) is 5.75 Å². The molecule has 2 atom stereocenters. The third-order valence-electron chi connectivity index (χ3n) is 4.71. The molecule has 126 valence electrons. The standard InChI is InChI=1S/C18H24O5/c19-18(20)15-7-10-22-17(11-15)14-1-3-16(4-2-14)23-12-13-5-8-21-9-6-13/h1-4,13,15,17H,5-12H2,(H,19,20). The van der Waals surface area contributed by atoms with Crippen molar-refractivity contribution < 1.29 is 24.1 Å². The molecule has 0 amide bonds. The summed E-state index contributed by atoms with van der Waals surface area (Å²) in [6.45, 7) is 2.89. The Labute approximate surface area is 136 Å². The summed E-state index contributed by atoms with van der Waals surface area (Å²) in [6, 6.07) is 7.85. The Morgan fingerprint density at radius 3 is 2.57 bits per heavy atom. The predicted molar refractivity (Wildman–Crippen MR) is 84.5 cm³/mol. The first kappa shape index (κ1) is 16.3. The Bertz CT molecular complexity index is 507. The lowest BCUT2D eigenvalue weighted by molar-refractivity contribution is -0.147. The van der Waals surface area contributed by atoms with Gasteiger partial charge in [-0.25, -0.2) is 0 Å². The first-order chi connectivity index (χ1) is 11.2. The lowest BCUT2D eigenvalue weighted by atomic mass is 9.92. The predicted octanol–water partition coefficient (Wildman–Crippen LogP) is 3.04. The van der Waals surface area contributed by atoms with Crippen molar-refractivity contribution in [2.75, 3.05) is 26.4 Å². The normalized spacial score (nSPS) is 25.9. The third-order valence-corrected chi connectivity index (χ3v) is 4.71. The summed E-state index contributed by atoms with van der Waals surface area (Å²) in [7, 11) is 0. The number of aliphatic carboxylic acids is 1. The number of hydrogen-bond donors (Lipinski definition) is 1. The van der Waals surface area contributed by atoms with Crippen molar-refractivity contribution in [1.29, 1.82) is 0 Å². The Morgan fingerprint density at radius 2 is 1.87 bits per heavy atom. The average molecular weight is 320 g/mol. The van der Waals surface area contributed by atoms with Crippen LogP contribution in [0.1, 0.15) is 37.4 Å². The van der Waals surface area contributed by atoms with Gasteiger partial charge in [-0.3, -0.25) is 4.79 Å². The van der Waals surface area contributed by atoms with Crippen molar-refractivity contribution in [3.05, 3.63) is 29.8 Å². The zero-order valence-corrected chi connectivity index (χ0v) is 13.3. The molecule has 2 saturated heterocycles. The van der Waals surface area contributed by atoms with E-state index in [1.807, 2.05) is 24.3 Å². The number of hydrogen-bond acceptors (Lipinski definition) is 4. The molecule has 0 aliphatic carbocycles. The summed E-state index contributed by atoms with van der Waals surface area (Å²) in [5.74, 6) is 0.389. The van der Waals surface area contributed by atoms with Crippen LogP contribution in [0.5, 0.6) is 5.75 Å². The topological polar surface area (TPSA) is 65.0 Å². The Kier molecular flexibility index (Phi) is 5.51. The highest BCUT2D eigenvalue weighted by atomic mass is 16.5. The van der Waals surface area contributed by atoms with E-state index in [2.05, 4.69) is 0 Å². The summed E-state index contributed by atoms with van der Waals surface area (Å²) in [4.78, 5) is 11.1. The molecule has 1 aromatic rings. The van der Waals surface area contributed by atoms with Gasteiger partial charge in [0.25, 0.3) is 0 Å². The van der Waals surface area contributed by atoms with Crippen LogP contribution in [-0.2, 0) is 14.3 Å². The van der Waals surface area contributed by atoms with Crippen LogP contribution in [0.25, 0.3) is 0 Å². The van der Waals surface area contributed by atoms with Gasteiger partial charge >= 0.3 is 5.97 Å². The van der Waals surface area contributed by atoms with Crippen molar-refractivity contribution >= 4 is 5.97 Å². The number of carboxylic acids is 1. The number of benzene rings is 1. The summed E-state index contributed by atoms with van der Waals surface area (Å²) in [5, 5.41) is 9.16. The highest BCUT2D eigenvalue weighted by Crippen LogP contribution is 2.32. The van der Waals surface area contributed by atoms with Crippen LogP contribution >= 0.6 is 0 Å². The SMILES string of the molecule is O=C(O)C1CCOC(c2ccc(OCC3CCOCC3)cc2)C1. The van der Waals surface area contributed by atoms with Gasteiger partial charge in [0.2, 0.25) is 0 Å². The zero-order chi connectivity index (χ0) is 16.1. The number of ether oxygens (including phenoxy) is 3. The number of carbonyl (C=O) groups is 1. The van der Waals surface area contributed by atoms with Crippen LogP contribution in [0.15, 0.2) is 24.3 Å². The summed E-state index contributed by atoms with van der Waals surface area (Å²) < 4.78 is 16.9. The van der Waals surface area contributed by atoms with E-state index in [1.165, 1.54) is 0 Å². The van der Waals surface area contributed by atoms with E-state index >= 15 is 0 Å². The van der Waals surface area contributed by atoms with Gasteiger partial charge in [0.1, 0.15) is 5.75 Å². The van der Waals surface area contributed by atoms with E-state index in [0.717, 1.165) is 44.0 Å². The molecule has 0 radical (unpaired) electrons. The number of carboxylic acid groups (broad SMARTS) is 1. The van der Waals surface area contributed by atoms with Gasteiger partial charge in [-0.1, -0.05) is 12.1 Å². The van der Waals surface area contributed by atoms with Crippen LogP contribution in [0, 0.1) is 11.8 Å². The Hall–Kier alpha value is -1.59. The molecule has 1 N–H and O–H groups in total. The van der Waals surface area contributed by atoms with Gasteiger partial charge in [-0.2, -0.15) is 0 Å². The fraction of sp³-hybridized carbons (Fsp3) is 0.611. The fourth-order valence-corrected chi connectivity index (χ4v) is 3.16. The largest absolute Gasteiger partial charge is 0.493 e. The minimum Gasteiger partial charge on any atom is -0.493 e. The van der Waals surface area contributed by atoms with Gasteiger partial charge in [-0.05, 0) is 49.3 Å². The molecule has 2 aliphatic rings. The van der Waals surface area contributed by atoms with E-state index in [9.17, 15) is 4.79 Å². The third kappa shape index (κ3) is 4.45. The first-order valence-electron chi connectivity index (χ1n) is 8.37. The molecule has 5 heteroatoms. The van der Waals surface area contributed by atoms with Crippen molar-refractivity contribution in [3.63, 3.8) is 0 Å². The monoisotopic (exact) mass is 320 g/mol. The highest BCUT2D eigenvalue weighted by Gasteiger charge is 2.28. The second-order valence-corrected chi connectivity index (χ2v) is 6.35. The van der Waals surface area contributed by atoms with Crippen LogP contribution in [0.3, 0.4) is 0 Å². The van der Waals surface area contributed by atoms with Crippen LogP contribution in [-0.4, -0.2) is 37.5 Å². The molecule has 0 spiro atoms. The van der Waals surface area contributed by atoms with Crippen LogP contribution < -0.4 is 4.74 Å². The van der Waals surface area contributed by atoms with Gasteiger partial charge in [0, 0.05) is 19.8 Å². The Morgan fingerprint density at radius 1 is 1.13 bits per heavy atom. The minimum atomic E-state index is -0.727. The molecule has 5 nitrogen and oxygen atoms in total. The second kappa shape index (κ2) is 7.79. The minimum absolute atomic E-state index is 0.130. The van der Waals surface area contributed by atoms with Crippen molar-refractivity contribution in [1.82, 2.24) is 0 Å². The van der Waals surface area contributed by atoms with E-state index < -0.39 is 5.97 Å².